The highest BCUT2D eigenvalue weighted by molar-refractivity contribution is 7.10. The first-order chi connectivity index (χ1) is 12.6. The Labute approximate surface area is 159 Å². The summed E-state index contributed by atoms with van der Waals surface area (Å²) < 4.78 is 61.0. The molecule has 3 heterocycles. The number of rotatable bonds is 6. The van der Waals surface area contributed by atoms with Gasteiger partial charge in [-0.3, -0.25) is 0 Å². The van der Waals surface area contributed by atoms with Gasteiger partial charge >= 0.3 is 6.18 Å². The Balaban J connectivity index is 1.97. The van der Waals surface area contributed by atoms with Gasteiger partial charge in [0.1, 0.15) is 23.1 Å². The maximum Gasteiger partial charge on any atom is 0.426 e. The molecule has 0 atom stereocenters. The highest BCUT2D eigenvalue weighted by atomic mass is 32.1. The Morgan fingerprint density at radius 2 is 1.96 bits per heavy atom. The summed E-state index contributed by atoms with van der Waals surface area (Å²) in [5.41, 5.74) is 0.740. The lowest BCUT2D eigenvalue weighted by Crippen LogP contribution is -2.22. The first-order valence-electron chi connectivity index (χ1n) is 8.43. The average Bonchev–Trinajstić information content (AvgIpc) is 3.14. The predicted octanol–water partition coefficient (Wildman–Crippen LogP) is 6.24. The van der Waals surface area contributed by atoms with Crippen molar-refractivity contribution in [2.45, 2.75) is 38.6 Å². The van der Waals surface area contributed by atoms with E-state index in [9.17, 15) is 17.6 Å². The van der Waals surface area contributed by atoms with Crippen molar-refractivity contribution in [1.29, 1.82) is 0 Å². The molecule has 0 aliphatic rings. The molecule has 27 heavy (non-hydrogen) atoms. The molecule has 3 aromatic rings. The molecular formula is C18H20F4N2OSSi. The van der Waals surface area contributed by atoms with Crippen molar-refractivity contribution in [1.82, 2.24) is 9.55 Å². The molecule has 0 saturated carbocycles. The van der Waals surface area contributed by atoms with E-state index < -0.39 is 24.9 Å². The van der Waals surface area contributed by atoms with Gasteiger partial charge in [0.15, 0.2) is 0 Å². The van der Waals surface area contributed by atoms with Gasteiger partial charge in [0, 0.05) is 37.4 Å². The first-order valence-corrected chi connectivity index (χ1v) is 13.0. The lowest BCUT2D eigenvalue weighted by atomic mass is 10.1. The zero-order valence-electron chi connectivity index (χ0n) is 15.2. The number of thiophene rings is 1. The lowest BCUT2D eigenvalue weighted by molar-refractivity contribution is -0.133. The normalized spacial score (nSPS) is 12.9. The van der Waals surface area contributed by atoms with E-state index in [0.717, 1.165) is 12.2 Å². The fraction of sp³-hybridized carbons (Fsp3) is 0.389. The van der Waals surface area contributed by atoms with Gasteiger partial charge < -0.3 is 9.30 Å². The van der Waals surface area contributed by atoms with E-state index in [-0.39, 0.29) is 12.3 Å². The number of fused-ring (bicyclic) bond motifs is 1. The molecule has 0 aromatic carbocycles. The van der Waals surface area contributed by atoms with Crippen LogP contribution in [0.1, 0.15) is 4.88 Å². The quantitative estimate of drug-likeness (QED) is 0.270. The summed E-state index contributed by atoms with van der Waals surface area (Å²) in [6, 6.07) is 3.60. The smallest absolute Gasteiger partial charge is 0.361 e. The molecular weight excluding hydrogens is 396 g/mol. The number of hydrogen-bond acceptors (Lipinski definition) is 3. The van der Waals surface area contributed by atoms with E-state index in [1.807, 2.05) is 0 Å². The number of halogens is 4. The van der Waals surface area contributed by atoms with Gasteiger partial charge in [0.05, 0.1) is 6.20 Å². The second kappa shape index (κ2) is 7.37. The van der Waals surface area contributed by atoms with Gasteiger partial charge in [-0.25, -0.2) is 9.37 Å². The van der Waals surface area contributed by atoms with Crippen LogP contribution < -0.4 is 0 Å². The molecule has 0 unspecified atom stereocenters. The first kappa shape index (κ1) is 20.0. The molecule has 0 amide bonds. The Kier molecular flexibility index (Phi) is 5.46. The second-order valence-electron chi connectivity index (χ2n) is 7.55. The van der Waals surface area contributed by atoms with Crippen LogP contribution in [0.25, 0.3) is 22.2 Å². The largest absolute Gasteiger partial charge is 0.426 e. The number of hydrogen-bond donors (Lipinski definition) is 0. The molecule has 0 saturated heterocycles. The molecule has 0 aliphatic heterocycles. The molecule has 0 spiro atoms. The van der Waals surface area contributed by atoms with E-state index in [1.165, 1.54) is 17.5 Å². The molecule has 0 fully saturated rings. The molecule has 9 heteroatoms. The summed E-state index contributed by atoms with van der Waals surface area (Å²) in [4.78, 5) is 3.37. The zero-order valence-corrected chi connectivity index (χ0v) is 17.0. The van der Waals surface area contributed by atoms with Crippen molar-refractivity contribution in [2.24, 2.45) is 0 Å². The van der Waals surface area contributed by atoms with Crippen LogP contribution in [0.2, 0.25) is 25.7 Å². The minimum Gasteiger partial charge on any atom is -0.361 e. The van der Waals surface area contributed by atoms with Crippen LogP contribution >= 0.6 is 11.3 Å². The third-order valence-electron chi connectivity index (χ3n) is 4.12. The van der Waals surface area contributed by atoms with Crippen LogP contribution in [0.3, 0.4) is 0 Å². The summed E-state index contributed by atoms with van der Waals surface area (Å²) in [7, 11) is -1.25. The van der Waals surface area contributed by atoms with Crippen molar-refractivity contribution in [3.8, 4) is 11.1 Å². The van der Waals surface area contributed by atoms with Crippen molar-refractivity contribution >= 4 is 30.4 Å². The molecule has 3 aromatic heterocycles. The molecule has 3 nitrogen and oxygen atoms in total. The Hall–Kier alpha value is -1.71. The van der Waals surface area contributed by atoms with Crippen LogP contribution in [0, 0.1) is 5.82 Å². The molecule has 146 valence electrons. The van der Waals surface area contributed by atoms with Gasteiger partial charge in [-0.15, -0.1) is 11.3 Å². The highest BCUT2D eigenvalue weighted by Gasteiger charge is 2.36. The van der Waals surface area contributed by atoms with E-state index in [0.29, 0.717) is 34.5 Å². The van der Waals surface area contributed by atoms with Crippen LogP contribution in [-0.2, 0) is 17.6 Å². The van der Waals surface area contributed by atoms with Gasteiger partial charge in [-0.05, 0) is 23.6 Å². The molecule has 0 radical (unpaired) electrons. The Morgan fingerprint density at radius 3 is 2.63 bits per heavy atom. The van der Waals surface area contributed by atoms with Gasteiger partial charge in [0.25, 0.3) is 0 Å². The standard InChI is InChI=1S/C18H20F4N2OSSi/c1-27(2,3)7-5-25-11-24-10-15(14-8-12(19)9-23-17(14)24)13-4-6-26-16(13)18(20,21)22/h4,6,8-10H,5,7,11H2,1-3H3. The minimum absolute atomic E-state index is 0.0331. The SMILES string of the molecule is C[Si](C)(C)CCOCn1cc(-c2ccsc2C(F)(F)F)c2cc(F)cnc21. The van der Waals surface area contributed by atoms with Crippen LogP contribution in [-0.4, -0.2) is 24.2 Å². The summed E-state index contributed by atoms with van der Waals surface area (Å²) in [6.45, 7) is 7.43. The highest BCUT2D eigenvalue weighted by Crippen LogP contribution is 2.43. The van der Waals surface area contributed by atoms with Gasteiger partial charge in [-0.2, -0.15) is 13.2 Å². The maximum absolute atomic E-state index is 13.7. The van der Waals surface area contributed by atoms with E-state index >= 15 is 0 Å². The Morgan fingerprint density at radius 1 is 1.22 bits per heavy atom. The van der Waals surface area contributed by atoms with Crippen molar-refractivity contribution in [3.63, 3.8) is 0 Å². The molecule has 3 rings (SSSR count). The third-order valence-corrected chi connectivity index (χ3v) is 6.78. The number of pyridine rings is 1. The van der Waals surface area contributed by atoms with E-state index in [4.69, 9.17) is 4.74 Å². The number of aromatic nitrogens is 2. The second-order valence-corrected chi connectivity index (χ2v) is 14.1. The van der Waals surface area contributed by atoms with Gasteiger partial charge in [0.2, 0.25) is 0 Å². The molecule has 0 N–H and O–H groups in total. The Bertz CT molecular complexity index is 943. The third kappa shape index (κ3) is 4.59. The molecule has 0 bridgehead atoms. The zero-order chi connectivity index (χ0) is 19.8. The lowest BCUT2D eigenvalue weighted by Gasteiger charge is -2.15. The number of ether oxygens (including phenoxy) is 1. The maximum atomic E-state index is 13.7. The fourth-order valence-corrected chi connectivity index (χ4v) is 4.28. The van der Waals surface area contributed by atoms with Crippen molar-refractivity contribution < 1.29 is 22.3 Å². The topological polar surface area (TPSA) is 27.1 Å². The van der Waals surface area contributed by atoms with Crippen LogP contribution in [0.4, 0.5) is 17.6 Å². The van der Waals surface area contributed by atoms with Crippen molar-refractivity contribution in [2.75, 3.05) is 6.61 Å². The number of nitrogens with zero attached hydrogens (tertiary/aromatic N) is 2. The summed E-state index contributed by atoms with van der Waals surface area (Å²) in [6.07, 6.45) is -1.85. The minimum atomic E-state index is -4.47. The van der Waals surface area contributed by atoms with E-state index in [2.05, 4.69) is 24.6 Å². The van der Waals surface area contributed by atoms with E-state index in [1.54, 1.807) is 10.8 Å². The number of alkyl halides is 3. The average molecular weight is 417 g/mol. The molecule has 0 aliphatic carbocycles. The van der Waals surface area contributed by atoms with Crippen LogP contribution in [0.5, 0.6) is 0 Å². The van der Waals surface area contributed by atoms with Crippen molar-refractivity contribution in [3.05, 3.63) is 40.6 Å². The summed E-state index contributed by atoms with van der Waals surface area (Å²) in [5.74, 6) is -0.593. The van der Waals surface area contributed by atoms with Gasteiger partial charge in [-0.1, -0.05) is 19.6 Å². The summed E-state index contributed by atoms with van der Waals surface area (Å²) in [5, 5.41) is 1.73. The monoisotopic (exact) mass is 416 g/mol. The summed E-state index contributed by atoms with van der Waals surface area (Å²) >= 11 is 0.622. The fourth-order valence-electron chi connectivity index (χ4n) is 2.74. The van der Waals surface area contributed by atoms with Crippen LogP contribution in [0.15, 0.2) is 29.9 Å². The predicted molar refractivity (Wildman–Crippen MR) is 102 cm³/mol.